The van der Waals surface area contributed by atoms with E-state index in [0.29, 0.717) is 11.3 Å². The van der Waals surface area contributed by atoms with Crippen LogP contribution in [-0.2, 0) is 9.59 Å². The average molecular weight is 262 g/mol. The molecule has 1 aromatic carbocycles. The molecule has 0 bridgehead atoms. The summed E-state index contributed by atoms with van der Waals surface area (Å²) in [5.41, 5.74) is 0.350. The van der Waals surface area contributed by atoms with Crippen molar-refractivity contribution in [3.8, 4) is 11.8 Å². The Kier molecular flexibility index (Phi) is 5.35. The van der Waals surface area contributed by atoms with Gasteiger partial charge in [0.25, 0.3) is 5.91 Å². The maximum absolute atomic E-state index is 11.7. The Morgan fingerprint density at radius 3 is 2.74 bits per heavy atom. The van der Waals surface area contributed by atoms with Gasteiger partial charge < -0.3 is 14.7 Å². The zero-order valence-electron chi connectivity index (χ0n) is 10.5. The van der Waals surface area contributed by atoms with Crippen LogP contribution in [0.3, 0.4) is 0 Å². The second kappa shape index (κ2) is 7.01. The number of nitriles is 1. The van der Waals surface area contributed by atoms with Gasteiger partial charge >= 0.3 is 5.97 Å². The van der Waals surface area contributed by atoms with Gasteiger partial charge in [-0.2, -0.15) is 5.26 Å². The Morgan fingerprint density at radius 2 is 2.11 bits per heavy atom. The van der Waals surface area contributed by atoms with Crippen molar-refractivity contribution in [2.75, 3.05) is 20.2 Å². The van der Waals surface area contributed by atoms with Gasteiger partial charge in [0.1, 0.15) is 11.8 Å². The smallest absolute Gasteiger partial charge is 0.305 e. The van der Waals surface area contributed by atoms with Gasteiger partial charge in [-0.25, -0.2) is 0 Å². The Labute approximate surface area is 110 Å². The molecule has 0 saturated carbocycles. The first kappa shape index (κ1) is 14.5. The standard InChI is InChI=1S/C13H14N2O4/c1-15(7-6-13(17)18)12(16)9-19-11-5-3-2-4-10(11)8-14/h2-5H,6-7,9H2,1H3,(H,17,18). The van der Waals surface area contributed by atoms with Crippen molar-refractivity contribution in [2.45, 2.75) is 6.42 Å². The number of amides is 1. The van der Waals surface area contributed by atoms with Gasteiger partial charge in [0.15, 0.2) is 6.61 Å². The number of carboxylic acid groups (broad SMARTS) is 1. The lowest BCUT2D eigenvalue weighted by Gasteiger charge is -2.16. The highest BCUT2D eigenvalue weighted by molar-refractivity contribution is 5.78. The lowest BCUT2D eigenvalue weighted by molar-refractivity contribution is -0.138. The minimum Gasteiger partial charge on any atom is -0.482 e. The zero-order valence-corrected chi connectivity index (χ0v) is 10.5. The predicted octanol–water partition coefficient (Wildman–Crippen LogP) is 0.870. The predicted molar refractivity (Wildman–Crippen MR) is 66.5 cm³/mol. The first-order valence-corrected chi connectivity index (χ1v) is 5.62. The molecule has 0 atom stereocenters. The molecule has 6 nitrogen and oxygen atoms in total. The van der Waals surface area contributed by atoms with Crippen molar-refractivity contribution in [1.82, 2.24) is 4.90 Å². The van der Waals surface area contributed by atoms with Crippen LogP contribution in [0.1, 0.15) is 12.0 Å². The Bertz CT molecular complexity index is 508. The number of para-hydroxylation sites is 1. The summed E-state index contributed by atoms with van der Waals surface area (Å²) in [5, 5.41) is 17.4. The maximum atomic E-state index is 11.7. The van der Waals surface area contributed by atoms with Crippen molar-refractivity contribution in [2.24, 2.45) is 0 Å². The molecular weight excluding hydrogens is 248 g/mol. The van der Waals surface area contributed by atoms with Crippen molar-refractivity contribution in [1.29, 1.82) is 5.26 Å². The normalized spacial score (nSPS) is 9.47. The van der Waals surface area contributed by atoms with Crippen molar-refractivity contribution in [3.63, 3.8) is 0 Å². The van der Waals surface area contributed by atoms with E-state index in [1.54, 1.807) is 24.3 Å². The molecule has 0 aliphatic rings. The van der Waals surface area contributed by atoms with E-state index in [1.165, 1.54) is 11.9 Å². The first-order valence-electron chi connectivity index (χ1n) is 5.62. The third kappa shape index (κ3) is 4.68. The number of aliphatic carboxylic acids is 1. The van der Waals surface area contributed by atoms with Crippen molar-refractivity contribution < 1.29 is 19.4 Å². The number of hydrogen-bond acceptors (Lipinski definition) is 4. The number of likely N-dealkylation sites (N-methyl/N-ethyl adjacent to an activating group) is 1. The minimum atomic E-state index is -0.963. The highest BCUT2D eigenvalue weighted by atomic mass is 16.5. The van der Waals surface area contributed by atoms with E-state index in [4.69, 9.17) is 15.1 Å². The van der Waals surface area contributed by atoms with E-state index in [1.807, 2.05) is 6.07 Å². The molecule has 0 spiro atoms. The topological polar surface area (TPSA) is 90.6 Å². The van der Waals surface area contributed by atoms with Crippen LogP contribution in [0.5, 0.6) is 5.75 Å². The van der Waals surface area contributed by atoms with E-state index in [2.05, 4.69) is 0 Å². The minimum absolute atomic E-state index is 0.114. The number of benzene rings is 1. The fourth-order valence-corrected chi connectivity index (χ4v) is 1.32. The molecule has 1 N–H and O–H groups in total. The summed E-state index contributed by atoms with van der Waals surface area (Å²) in [6.45, 7) is -0.105. The van der Waals surface area contributed by atoms with E-state index >= 15 is 0 Å². The molecule has 100 valence electrons. The highest BCUT2D eigenvalue weighted by Gasteiger charge is 2.12. The fraction of sp³-hybridized carbons (Fsp3) is 0.308. The summed E-state index contributed by atoms with van der Waals surface area (Å²) in [4.78, 5) is 23.3. The van der Waals surface area contributed by atoms with E-state index in [-0.39, 0.29) is 25.5 Å². The van der Waals surface area contributed by atoms with Gasteiger partial charge in [0.05, 0.1) is 12.0 Å². The molecule has 0 aliphatic heterocycles. The Hall–Kier alpha value is -2.55. The summed E-state index contributed by atoms with van der Waals surface area (Å²) in [7, 11) is 1.50. The fourth-order valence-electron chi connectivity index (χ4n) is 1.32. The van der Waals surface area contributed by atoms with Crippen LogP contribution in [0.4, 0.5) is 0 Å². The monoisotopic (exact) mass is 262 g/mol. The van der Waals surface area contributed by atoms with Gasteiger partial charge in [-0.3, -0.25) is 9.59 Å². The van der Waals surface area contributed by atoms with Crippen molar-refractivity contribution in [3.05, 3.63) is 29.8 Å². The molecule has 19 heavy (non-hydrogen) atoms. The number of nitrogens with zero attached hydrogens (tertiary/aromatic N) is 2. The van der Waals surface area contributed by atoms with E-state index in [0.717, 1.165) is 0 Å². The van der Waals surface area contributed by atoms with Gasteiger partial charge in [0, 0.05) is 13.6 Å². The van der Waals surface area contributed by atoms with Crippen LogP contribution in [0.2, 0.25) is 0 Å². The first-order chi connectivity index (χ1) is 9.04. The number of carbonyl (C=O) groups excluding carboxylic acids is 1. The van der Waals surface area contributed by atoms with Crippen LogP contribution >= 0.6 is 0 Å². The van der Waals surface area contributed by atoms with E-state index < -0.39 is 5.97 Å². The Balaban J connectivity index is 2.50. The molecular formula is C13H14N2O4. The molecule has 1 aromatic rings. The third-order valence-corrected chi connectivity index (χ3v) is 2.45. The van der Waals surface area contributed by atoms with Gasteiger partial charge in [-0.15, -0.1) is 0 Å². The molecule has 6 heteroatoms. The van der Waals surface area contributed by atoms with Gasteiger partial charge in [-0.1, -0.05) is 12.1 Å². The number of hydrogen-bond donors (Lipinski definition) is 1. The number of rotatable bonds is 6. The summed E-state index contributed by atoms with van der Waals surface area (Å²) in [6.07, 6.45) is -0.114. The number of ether oxygens (including phenoxy) is 1. The molecule has 0 saturated heterocycles. The number of carbonyl (C=O) groups is 2. The van der Waals surface area contributed by atoms with Crippen LogP contribution in [0.25, 0.3) is 0 Å². The maximum Gasteiger partial charge on any atom is 0.305 e. The highest BCUT2D eigenvalue weighted by Crippen LogP contribution is 2.16. The van der Waals surface area contributed by atoms with Gasteiger partial charge in [0.2, 0.25) is 0 Å². The second-order valence-corrected chi connectivity index (χ2v) is 3.86. The summed E-state index contributed by atoms with van der Waals surface area (Å²) in [5.74, 6) is -0.964. The average Bonchev–Trinajstić information content (AvgIpc) is 2.42. The molecule has 0 heterocycles. The quantitative estimate of drug-likeness (QED) is 0.821. The number of carboxylic acids is 1. The summed E-state index contributed by atoms with van der Waals surface area (Å²) < 4.78 is 5.26. The van der Waals surface area contributed by atoms with Crippen LogP contribution in [0, 0.1) is 11.3 Å². The summed E-state index contributed by atoms with van der Waals surface area (Å²) in [6, 6.07) is 8.56. The summed E-state index contributed by atoms with van der Waals surface area (Å²) >= 11 is 0. The molecule has 0 unspecified atom stereocenters. The van der Waals surface area contributed by atoms with Crippen LogP contribution in [-0.4, -0.2) is 42.1 Å². The van der Waals surface area contributed by atoms with Gasteiger partial charge in [-0.05, 0) is 12.1 Å². The Morgan fingerprint density at radius 1 is 1.42 bits per heavy atom. The van der Waals surface area contributed by atoms with Crippen LogP contribution in [0.15, 0.2) is 24.3 Å². The van der Waals surface area contributed by atoms with Crippen molar-refractivity contribution >= 4 is 11.9 Å². The third-order valence-electron chi connectivity index (χ3n) is 2.45. The lowest BCUT2D eigenvalue weighted by atomic mass is 10.2. The SMILES string of the molecule is CN(CCC(=O)O)C(=O)COc1ccccc1C#N. The largest absolute Gasteiger partial charge is 0.482 e. The molecule has 0 fully saturated rings. The molecule has 0 radical (unpaired) electrons. The lowest BCUT2D eigenvalue weighted by Crippen LogP contribution is -2.33. The molecule has 1 rings (SSSR count). The van der Waals surface area contributed by atoms with E-state index in [9.17, 15) is 9.59 Å². The molecule has 0 aromatic heterocycles. The second-order valence-electron chi connectivity index (χ2n) is 3.86. The van der Waals surface area contributed by atoms with Crippen LogP contribution < -0.4 is 4.74 Å². The molecule has 1 amide bonds. The molecule has 0 aliphatic carbocycles. The zero-order chi connectivity index (χ0) is 14.3.